The molecule has 0 saturated carbocycles. The number of fused-ring (bicyclic) bond motifs is 2. The van der Waals surface area contributed by atoms with Crippen LogP contribution in [0.25, 0.3) is 0 Å². The average molecular weight is 556 g/mol. The van der Waals surface area contributed by atoms with Crippen LogP contribution in [0, 0.1) is 25.7 Å². The lowest BCUT2D eigenvalue weighted by Crippen LogP contribution is -2.56. The molecule has 3 amide bonds. The quantitative estimate of drug-likeness (QED) is 0.551. The second kappa shape index (κ2) is 10.3. The fraction of sp³-hybridized carbons (Fsp3) is 0.424. The van der Waals surface area contributed by atoms with Crippen LogP contribution in [0.4, 0.5) is 11.4 Å². The number of hydrogen-bond acceptors (Lipinski definition) is 5. The van der Waals surface area contributed by atoms with Gasteiger partial charge in [-0.05, 0) is 49.9 Å². The summed E-state index contributed by atoms with van der Waals surface area (Å²) in [6.45, 7) is 6.68. The van der Waals surface area contributed by atoms with E-state index in [0.29, 0.717) is 25.9 Å². The van der Waals surface area contributed by atoms with Gasteiger partial charge < -0.3 is 24.5 Å². The molecule has 2 aromatic carbocycles. The number of aliphatic hydroxyl groups excluding tert-OH is 1. The van der Waals surface area contributed by atoms with Crippen molar-refractivity contribution in [2.45, 2.75) is 50.9 Å². The van der Waals surface area contributed by atoms with Gasteiger partial charge in [-0.25, -0.2) is 0 Å². The lowest BCUT2D eigenvalue weighted by Gasteiger charge is -2.38. The van der Waals surface area contributed by atoms with Crippen molar-refractivity contribution in [2.75, 3.05) is 36.0 Å². The number of carbonyl (C=O) groups excluding carboxylic acids is 3. The van der Waals surface area contributed by atoms with Gasteiger partial charge in [0, 0.05) is 37.6 Å². The minimum absolute atomic E-state index is 0.120. The Morgan fingerprint density at radius 2 is 1.54 bits per heavy atom. The molecule has 6 rings (SSSR count). The molecule has 0 aliphatic carbocycles. The van der Waals surface area contributed by atoms with Crippen LogP contribution in [0.5, 0.6) is 0 Å². The van der Waals surface area contributed by atoms with Gasteiger partial charge in [-0.2, -0.15) is 0 Å². The number of anilines is 2. The van der Waals surface area contributed by atoms with Gasteiger partial charge in [-0.1, -0.05) is 67.6 Å². The Balaban J connectivity index is 1.50. The first-order valence-corrected chi connectivity index (χ1v) is 14.5. The smallest absolute Gasteiger partial charge is 0.253 e. The molecule has 1 N–H and O–H groups in total. The van der Waals surface area contributed by atoms with Gasteiger partial charge >= 0.3 is 0 Å². The molecule has 1 spiro atoms. The maximum atomic E-state index is 14.7. The van der Waals surface area contributed by atoms with E-state index in [9.17, 15) is 19.5 Å². The van der Waals surface area contributed by atoms with Crippen molar-refractivity contribution in [3.05, 3.63) is 84.0 Å². The Labute approximate surface area is 240 Å². The number of aliphatic hydroxyl groups is 1. The average Bonchev–Trinajstić information content (AvgIpc) is 3.25. The van der Waals surface area contributed by atoms with Crippen LogP contribution in [0.1, 0.15) is 30.9 Å². The molecule has 0 aromatic heterocycles. The topological polar surface area (TPSA) is 90.4 Å². The summed E-state index contributed by atoms with van der Waals surface area (Å²) in [5, 5.41) is 9.69. The molecule has 41 heavy (non-hydrogen) atoms. The molecule has 214 valence electrons. The van der Waals surface area contributed by atoms with Crippen molar-refractivity contribution in [1.29, 1.82) is 0 Å². The van der Waals surface area contributed by atoms with E-state index < -0.39 is 29.1 Å². The number of ether oxygens (including phenoxy) is 1. The molecule has 8 nitrogen and oxygen atoms in total. The van der Waals surface area contributed by atoms with Gasteiger partial charge in [0.1, 0.15) is 11.6 Å². The third-order valence-electron chi connectivity index (χ3n) is 9.27. The number of likely N-dealkylation sites (tertiary alicyclic amines) is 1. The fourth-order valence-corrected chi connectivity index (χ4v) is 7.51. The lowest BCUT2D eigenvalue weighted by atomic mass is 9.73. The van der Waals surface area contributed by atoms with Crippen LogP contribution in [-0.4, -0.2) is 71.2 Å². The van der Waals surface area contributed by atoms with Crippen LogP contribution in [0.3, 0.4) is 0 Å². The van der Waals surface area contributed by atoms with Crippen molar-refractivity contribution >= 4 is 29.1 Å². The Morgan fingerprint density at radius 3 is 2.22 bits per heavy atom. The number of nitrogens with zero attached hydrogens (tertiary/aromatic N) is 3. The van der Waals surface area contributed by atoms with Crippen LogP contribution in [-0.2, 0) is 19.1 Å². The molecular weight excluding hydrogens is 518 g/mol. The summed E-state index contributed by atoms with van der Waals surface area (Å²) >= 11 is 0. The van der Waals surface area contributed by atoms with Crippen molar-refractivity contribution in [1.82, 2.24) is 4.90 Å². The summed E-state index contributed by atoms with van der Waals surface area (Å²) in [4.78, 5) is 48.6. The van der Waals surface area contributed by atoms with E-state index in [1.807, 2.05) is 93.6 Å². The zero-order valence-corrected chi connectivity index (χ0v) is 23.8. The van der Waals surface area contributed by atoms with Crippen molar-refractivity contribution < 1.29 is 24.2 Å². The minimum Gasteiger partial charge on any atom is -0.396 e. The highest BCUT2D eigenvalue weighted by atomic mass is 16.5. The first-order chi connectivity index (χ1) is 19.8. The van der Waals surface area contributed by atoms with E-state index in [1.165, 1.54) is 0 Å². The second-order valence-electron chi connectivity index (χ2n) is 11.5. The SMILES string of the molecule is CC[C@]12C=CCN(c3ccccc3)C(=O)[C@H]1[C@H]1C(=O)N(CCCO)C3C(=O)N(c4c(C)cccc4C)CC=C[C@@]31O2. The number of carbonyl (C=O) groups is 3. The second-order valence-corrected chi connectivity index (χ2v) is 11.5. The Kier molecular flexibility index (Phi) is 6.86. The molecule has 2 fully saturated rings. The Hall–Kier alpha value is -3.75. The molecular formula is C33H37N3O5. The van der Waals surface area contributed by atoms with Crippen molar-refractivity contribution in [2.24, 2.45) is 11.8 Å². The number of aryl methyl sites for hydroxylation is 2. The summed E-state index contributed by atoms with van der Waals surface area (Å²) in [5.41, 5.74) is 1.13. The predicted molar refractivity (Wildman–Crippen MR) is 156 cm³/mol. The molecule has 4 aliphatic heterocycles. The Bertz CT molecular complexity index is 1420. The molecule has 1 unspecified atom stereocenters. The summed E-state index contributed by atoms with van der Waals surface area (Å²) in [5.74, 6) is -2.39. The third kappa shape index (κ3) is 3.99. The molecule has 2 aromatic rings. The Morgan fingerprint density at radius 1 is 0.854 bits per heavy atom. The summed E-state index contributed by atoms with van der Waals surface area (Å²) < 4.78 is 7.03. The monoisotopic (exact) mass is 555 g/mol. The molecule has 4 aliphatic rings. The zero-order valence-electron chi connectivity index (χ0n) is 23.8. The molecule has 5 atom stereocenters. The first kappa shape index (κ1) is 27.4. The summed E-state index contributed by atoms with van der Waals surface area (Å²) in [6.07, 6.45) is 8.47. The summed E-state index contributed by atoms with van der Waals surface area (Å²) in [6, 6.07) is 14.4. The standard InChI is InChI=1S/C33H37N3O5/c1-4-32-16-9-18-34(24-14-6-5-7-15-24)29(38)25(32)26-30(39)36(20-11-21-37)28-31(40)35(19-10-17-33(26,28)41-32)27-22(2)12-8-13-23(27)3/h5-10,12-17,25-26,28,37H,4,11,18-21H2,1-3H3/t25-,26+,28?,32+,33+/m1/s1. The van der Waals surface area contributed by atoms with E-state index >= 15 is 0 Å². The fourth-order valence-electron chi connectivity index (χ4n) is 7.51. The summed E-state index contributed by atoms with van der Waals surface area (Å²) in [7, 11) is 0. The van der Waals surface area contributed by atoms with Gasteiger partial charge in [-0.15, -0.1) is 0 Å². The molecule has 0 radical (unpaired) electrons. The largest absolute Gasteiger partial charge is 0.396 e. The minimum atomic E-state index is -1.32. The third-order valence-corrected chi connectivity index (χ3v) is 9.27. The highest BCUT2D eigenvalue weighted by molar-refractivity contribution is 6.08. The van der Waals surface area contributed by atoms with E-state index in [-0.39, 0.29) is 30.9 Å². The number of rotatable bonds is 6. The van der Waals surface area contributed by atoms with E-state index in [4.69, 9.17) is 4.74 Å². The number of para-hydroxylation sites is 2. The maximum absolute atomic E-state index is 14.7. The number of hydrogen-bond donors (Lipinski definition) is 1. The maximum Gasteiger partial charge on any atom is 0.253 e. The first-order valence-electron chi connectivity index (χ1n) is 14.5. The normalized spacial score (nSPS) is 30.8. The van der Waals surface area contributed by atoms with E-state index in [2.05, 4.69) is 0 Å². The van der Waals surface area contributed by atoms with Crippen molar-refractivity contribution in [3.63, 3.8) is 0 Å². The number of benzene rings is 2. The molecule has 0 bridgehead atoms. The van der Waals surface area contributed by atoms with Gasteiger partial charge in [0.05, 0.1) is 17.4 Å². The number of amides is 3. The van der Waals surface area contributed by atoms with Gasteiger partial charge in [0.25, 0.3) is 5.91 Å². The molecule has 8 heteroatoms. The predicted octanol–water partition coefficient (Wildman–Crippen LogP) is 3.55. The van der Waals surface area contributed by atoms with E-state index in [1.54, 1.807) is 14.7 Å². The van der Waals surface area contributed by atoms with Gasteiger partial charge in [-0.3, -0.25) is 14.4 Å². The highest BCUT2D eigenvalue weighted by Crippen LogP contribution is 2.59. The van der Waals surface area contributed by atoms with Crippen LogP contribution < -0.4 is 9.80 Å². The highest BCUT2D eigenvalue weighted by Gasteiger charge is 2.75. The van der Waals surface area contributed by atoms with Crippen molar-refractivity contribution in [3.8, 4) is 0 Å². The van der Waals surface area contributed by atoms with Gasteiger partial charge in [0.2, 0.25) is 11.8 Å². The molecule has 4 heterocycles. The van der Waals surface area contributed by atoms with Crippen LogP contribution >= 0.6 is 0 Å². The zero-order chi connectivity index (χ0) is 28.9. The van der Waals surface area contributed by atoms with Gasteiger partial charge in [0.15, 0.2) is 0 Å². The molecule has 2 saturated heterocycles. The van der Waals surface area contributed by atoms with Crippen LogP contribution in [0.2, 0.25) is 0 Å². The van der Waals surface area contributed by atoms with Crippen LogP contribution in [0.15, 0.2) is 72.8 Å². The lowest BCUT2D eigenvalue weighted by molar-refractivity contribution is -0.145. The van der Waals surface area contributed by atoms with E-state index in [0.717, 1.165) is 22.5 Å².